The summed E-state index contributed by atoms with van der Waals surface area (Å²) in [6.07, 6.45) is 2.15. The van der Waals surface area contributed by atoms with Gasteiger partial charge in [-0.25, -0.2) is 13.6 Å². The van der Waals surface area contributed by atoms with Gasteiger partial charge in [-0.3, -0.25) is 4.90 Å². The van der Waals surface area contributed by atoms with Crippen LogP contribution in [-0.4, -0.2) is 49.5 Å². The molecule has 0 saturated carbocycles. The summed E-state index contributed by atoms with van der Waals surface area (Å²) < 4.78 is 41.2. The molecule has 3 aliphatic rings. The van der Waals surface area contributed by atoms with E-state index in [1.54, 1.807) is 30.3 Å². The van der Waals surface area contributed by atoms with Gasteiger partial charge in [0.25, 0.3) is 0 Å². The number of hydrogen-bond donors (Lipinski definition) is 0. The number of ether oxygens (including phenoxy) is 2. The number of quaternary nitrogens is 1. The molecule has 3 aromatic rings. The number of aryl methyl sites for hydroxylation is 1. The number of anilines is 1. The molecule has 0 spiro atoms. The zero-order chi connectivity index (χ0) is 26.5. The number of fused-ring (bicyclic) bond motifs is 3. The number of nitrogens with zero attached hydrogens (tertiary/aromatic N) is 2. The van der Waals surface area contributed by atoms with Crippen LogP contribution in [-0.2, 0) is 11.3 Å². The SMILES string of the molecule is Cc1cccc(OCCC[N+]23CCC(CC2)[C@@H](OC(=O)N(Cc2ccc(F)cc2)c2ccccc2F)C3)c1. The van der Waals surface area contributed by atoms with Crippen molar-refractivity contribution >= 4 is 11.8 Å². The lowest BCUT2D eigenvalue weighted by Crippen LogP contribution is -2.65. The van der Waals surface area contributed by atoms with E-state index in [0.717, 1.165) is 55.7 Å². The zero-order valence-electron chi connectivity index (χ0n) is 21.8. The molecule has 0 aliphatic carbocycles. The van der Waals surface area contributed by atoms with Gasteiger partial charge in [0.15, 0.2) is 6.10 Å². The van der Waals surface area contributed by atoms with Crippen molar-refractivity contribution in [2.45, 2.75) is 38.8 Å². The van der Waals surface area contributed by atoms with E-state index in [0.29, 0.717) is 18.1 Å². The highest BCUT2D eigenvalue weighted by atomic mass is 19.1. The topological polar surface area (TPSA) is 38.8 Å². The first-order chi connectivity index (χ1) is 18.4. The Morgan fingerprint density at radius 3 is 2.50 bits per heavy atom. The number of para-hydroxylation sites is 1. The van der Waals surface area contributed by atoms with Crippen LogP contribution in [0.25, 0.3) is 0 Å². The van der Waals surface area contributed by atoms with E-state index in [9.17, 15) is 13.6 Å². The van der Waals surface area contributed by atoms with E-state index in [4.69, 9.17) is 9.47 Å². The molecule has 1 atom stereocenters. The van der Waals surface area contributed by atoms with Crippen molar-refractivity contribution < 1.29 is 27.5 Å². The molecule has 0 radical (unpaired) electrons. The highest BCUT2D eigenvalue weighted by molar-refractivity contribution is 5.87. The molecule has 6 rings (SSSR count). The van der Waals surface area contributed by atoms with Crippen LogP contribution in [0.3, 0.4) is 0 Å². The van der Waals surface area contributed by atoms with E-state index in [2.05, 4.69) is 13.0 Å². The molecular weight excluding hydrogens is 486 g/mol. The Bertz CT molecular complexity index is 1240. The Labute approximate surface area is 223 Å². The second kappa shape index (κ2) is 11.5. The molecule has 2 bridgehead atoms. The Hall–Kier alpha value is -3.45. The first-order valence-corrected chi connectivity index (χ1v) is 13.4. The van der Waals surface area contributed by atoms with Gasteiger partial charge < -0.3 is 14.0 Å². The average Bonchev–Trinajstić information content (AvgIpc) is 2.92. The van der Waals surface area contributed by atoms with Gasteiger partial charge in [-0.2, -0.15) is 0 Å². The molecule has 0 N–H and O–H groups in total. The van der Waals surface area contributed by atoms with Gasteiger partial charge in [-0.05, 0) is 54.4 Å². The van der Waals surface area contributed by atoms with Crippen molar-refractivity contribution in [2.75, 3.05) is 37.7 Å². The molecule has 3 aromatic carbocycles. The van der Waals surface area contributed by atoms with E-state index in [-0.39, 0.29) is 24.2 Å². The van der Waals surface area contributed by atoms with Gasteiger partial charge in [-0.1, -0.05) is 36.4 Å². The van der Waals surface area contributed by atoms with E-state index < -0.39 is 11.9 Å². The summed E-state index contributed by atoms with van der Waals surface area (Å²) in [5.41, 5.74) is 2.02. The summed E-state index contributed by atoms with van der Waals surface area (Å²) in [6, 6.07) is 20.1. The first-order valence-electron chi connectivity index (χ1n) is 13.4. The summed E-state index contributed by atoms with van der Waals surface area (Å²) in [7, 11) is 0. The number of amides is 1. The van der Waals surface area contributed by atoms with Crippen molar-refractivity contribution in [3.8, 4) is 5.75 Å². The molecular formula is C31H35F2N2O3+. The Morgan fingerprint density at radius 1 is 1.00 bits per heavy atom. The molecule has 5 nitrogen and oxygen atoms in total. The monoisotopic (exact) mass is 521 g/mol. The molecule has 3 saturated heterocycles. The zero-order valence-corrected chi connectivity index (χ0v) is 21.8. The number of benzene rings is 3. The summed E-state index contributed by atoms with van der Waals surface area (Å²) in [4.78, 5) is 14.8. The highest BCUT2D eigenvalue weighted by Crippen LogP contribution is 2.36. The maximum atomic E-state index is 14.7. The number of rotatable bonds is 9. The van der Waals surface area contributed by atoms with Gasteiger partial charge in [0, 0.05) is 25.2 Å². The second-order valence-corrected chi connectivity index (χ2v) is 10.6. The van der Waals surface area contributed by atoms with Crippen LogP contribution in [0.1, 0.15) is 30.4 Å². The molecule has 0 unspecified atom stereocenters. The van der Waals surface area contributed by atoms with Crippen LogP contribution in [0.5, 0.6) is 5.75 Å². The number of hydrogen-bond acceptors (Lipinski definition) is 3. The summed E-state index contributed by atoms with van der Waals surface area (Å²) in [5.74, 6) is 0.344. The van der Waals surface area contributed by atoms with Crippen LogP contribution in [0.4, 0.5) is 19.3 Å². The predicted molar refractivity (Wildman–Crippen MR) is 143 cm³/mol. The molecule has 3 heterocycles. The number of halogens is 2. The Kier molecular flexibility index (Phi) is 7.93. The van der Waals surface area contributed by atoms with Crippen LogP contribution in [0.2, 0.25) is 0 Å². The summed E-state index contributed by atoms with van der Waals surface area (Å²) in [5, 5.41) is 0. The van der Waals surface area contributed by atoms with Crippen molar-refractivity contribution in [2.24, 2.45) is 5.92 Å². The maximum Gasteiger partial charge on any atom is 0.415 e. The minimum Gasteiger partial charge on any atom is -0.493 e. The van der Waals surface area contributed by atoms with Crippen molar-refractivity contribution in [1.29, 1.82) is 0 Å². The van der Waals surface area contributed by atoms with Crippen LogP contribution >= 0.6 is 0 Å². The number of piperidine rings is 3. The summed E-state index contributed by atoms with van der Waals surface area (Å²) >= 11 is 0. The predicted octanol–water partition coefficient (Wildman–Crippen LogP) is 6.49. The quantitative estimate of drug-likeness (QED) is 0.239. The fourth-order valence-electron chi connectivity index (χ4n) is 5.85. The third-order valence-corrected chi connectivity index (χ3v) is 7.95. The normalized spacial score (nSPS) is 22.2. The fourth-order valence-corrected chi connectivity index (χ4v) is 5.85. The van der Waals surface area contributed by atoms with Crippen molar-refractivity contribution in [3.63, 3.8) is 0 Å². The van der Waals surface area contributed by atoms with Gasteiger partial charge >= 0.3 is 6.09 Å². The van der Waals surface area contributed by atoms with Crippen LogP contribution in [0.15, 0.2) is 72.8 Å². The second-order valence-electron chi connectivity index (χ2n) is 10.6. The summed E-state index contributed by atoms with van der Waals surface area (Å²) in [6.45, 7) is 6.69. The van der Waals surface area contributed by atoms with E-state index in [1.165, 1.54) is 28.7 Å². The lowest BCUT2D eigenvalue weighted by atomic mass is 9.83. The number of carbonyl (C=O) groups is 1. The van der Waals surface area contributed by atoms with Gasteiger partial charge in [0.2, 0.25) is 0 Å². The fraction of sp³-hybridized carbons (Fsp3) is 0.387. The van der Waals surface area contributed by atoms with Gasteiger partial charge in [0.05, 0.1) is 38.5 Å². The standard InChI is InChI=1S/C31H35F2N2O3/c1-23-6-4-7-27(20-23)37-19-5-16-35-17-14-25(15-18-35)30(22-35)38-31(36)34(29-9-3-2-8-28(29)33)21-24-10-12-26(32)13-11-24/h2-4,6-13,20,25,30H,5,14-19,21-22H2,1H3/q+1/t25?,30-,35?/m0/s1. The molecule has 1 amide bonds. The molecule has 3 aliphatic heterocycles. The van der Waals surface area contributed by atoms with E-state index in [1.807, 2.05) is 18.2 Å². The first kappa shape index (κ1) is 26.2. The van der Waals surface area contributed by atoms with Crippen LogP contribution < -0.4 is 9.64 Å². The smallest absolute Gasteiger partial charge is 0.415 e. The number of carbonyl (C=O) groups excluding carboxylic acids is 1. The van der Waals surface area contributed by atoms with Gasteiger partial charge in [-0.15, -0.1) is 0 Å². The third-order valence-electron chi connectivity index (χ3n) is 7.95. The largest absolute Gasteiger partial charge is 0.493 e. The lowest BCUT2D eigenvalue weighted by Gasteiger charge is -2.52. The minimum absolute atomic E-state index is 0.0910. The van der Waals surface area contributed by atoms with Crippen molar-refractivity contribution in [3.05, 3.63) is 95.6 Å². The third kappa shape index (κ3) is 6.16. The molecule has 0 aromatic heterocycles. The molecule has 7 heteroatoms. The lowest BCUT2D eigenvalue weighted by molar-refractivity contribution is -0.946. The Morgan fingerprint density at radius 2 is 1.76 bits per heavy atom. The molecule has 3 fully saturated rings. The van der Waals surface area contributed by atoms with Gasteiger partial charge in [0.1, 0.15) is 23.9 Å². The van der Waals surface area contributed by atoms with Crippen LogP contribution in [0, 0.1) is 24.5 Å². The maximum absolute atomic E-state index is 14.7. The Balaban J connectivity index is 1.23. The highest BCUT2D eigenvalue weighted by Gasteiger charge is 2.47. The average molecular weight is 522 g/mol. The minimum atomic E-state index is -0.570. The van der Waals surface area contributed by atoms with Crippen molar-refractivity contribution in [1.82, 2.24) is 0 Å². The van der Waals surface area contributed by atoms with E-state index >= 15 is 0 Å². The molecule has 200 valence electrons. The molecule has 38 heavy (non-hydrogen) atoms.